The second kappa shape index (κ2) is 7.58. The zero-order chi connectivity index (χ0) is 17.4. The highest BCUT2D eigenvalue weighted by molar-refractivity contribution is 5.85. The number of nitrogens with zero attached hydrogens (tertiary/aromatic N) is 3. The zero-order valence-electron chi connectivity index (χ0n) is 15.2. The third-order valence-corrected chi connectivity index (χ3v) is 5.15. The Balaban J connectivity index is 0.00000225. The van der Waals surface area contributed by atoms with E-state index in [-0.39, 0.29) is 36.3 Å². The van der Waals surface area contributed by atoms with E-state index in [1.807, 2.05) is 25.8 Å². The molecule has 3 rings (SSSR count). The lowest BCUT2D eigenvalue weighted by molar-refractivity contribution is -0.131. The van der Waals surface area contributed by atoms with Gasteiger partial charge < -0.3 is 10.2 Å². The number of rotatable bonds is 3. The molecule has 138 valence electrons. The summed E-state index contributed by atoms with van der Waals surface area (Å²) < 4.78 is 1.63. The molecule has 0 bridgehead atoms. The van der Waals surface area contributed by atoms with Crippen molar-refractivity contribution < 1.29 is 4.79 Å². The molecule has 1 aliphatic heterocycles. The first-order chi connectivity index (χ1) is 11.4. The average molecular weight is 368 g/mol. The molecule has 7 nitrogen and oxygen atoms in total. The largest absolute Gasteiger partial charge is 0.342 e. The molecule has 0 aromatic carbocycles. The second-order valence-electron chi connectivity index (χ2n) is 6.66. The number of piperidine rings is 1. The van der Waals surface area contributed by atoms with Gasteiger partial charge in [0.15, 0.2) is 5.65 Å². The number of pyridine rings is 1. The molecule has 25 heavy (non-hydrogen) atoms. The van der Waals surface area contributed by atoms with Gasteiger partial charge in [0.05, 0.1) is 11.8 Å². The summed E-state index contributed by atoms with van der Waals surface area (Å²) in [6, 6.07) is 0.288. The molecule has 2 aromatic heterocycles. The van der Waals surface area contributed by atoms with Crippen LogP contribution in [0.2, 0.25) is 0 Å². The molecule has 1 saturated heterocycles. The van der Waals surface area contributed by atoms with Crippen LogP contribution in [-0.2, 0) is 18.3 Å². The van der Waals surface area contributed by atoms with Gasteiger partial charge in [-0.15, -0.1) is 12.4 Å². The van der Waals surface area contributed by atoms with Gasteiger partial charge in [0, 0.05) is 25.8 Å². The van der Waals surface area contributed by atoms with E-state index in [1.165, 1.54) is 0 Å². The number of amides is 1. The number of carbonyl (C=O) groups excluding carboxylic acids is 1. The Morgan fingerprint density at radius 2 is 1.96 bits per heavy atom. The van der Waals surface area contributed by atoms with Gasteiger partial charge in [-0.3, -0.25) is 19.4 Å². The SMILES string of the molecule is Cc1nc2c(c(C)c1CC(=O)N(C)C1CCNCC1)c(=O)[nH]n2C.Cl. The normalized spacial score (nSPS) is 15.2. The van der Waals surface area contributed by atoms with Crippen molar-refractivity contribution in [3.63, 3.8) is 0 Å². The number of aromatic nitrogens is 3. The minimum absolute atomic E-state index is 0. The Morgan fingerprint density at radius 3 is 2.60 bits per heavy atom. The molecule has 0 spiro atoms. The van der Waals surface area contributed by atoms with E-state index in [2.05, 4.69) is 15.4 Å². The van der Waals surface area contributed by atoms with Crippen LogP contribution in [0.25, 0.3) is 11.0 Å². The topological polar surface area (TPSA) is 83.0 Å². The molecule has 2 N–H and O–H groups in total. The predicted octanol–water partition coefficient (Wildman–Crippen LogP) is 1.05. The smallest absolute Gasteiger partial charge is 0.273 e. The molecule has 1 fully saturated rings. The van der Waals surface area contributed by atoms with Crippen molar-refractivity contribution in [3.05, 3.63) is 27.2 Å². The van der Waals surface area contributed by atoms with Gasteiger partial charge in [0.25, 0.3) is 5.56 Å². The van der Waals surface area contributed by atoms with Crippen molar-refractivity contribution in [3.8, 4) is 0 Å². The maximum absolute atomic E-state index is 12.7. The second-order valence-corrected chi connectivity index (χ2v) is 6.66. The maximum Gasteiger partial charge on any atom is 0.273 e. The first kappa shape index (κ1) is 19.5. The molecule has 2 aromatic rings. The monoisotopic (exact) mass is 367 g/mol. The Hall–Kier alpha value is -1.86. The van der Waals surface area contributed by atoms with Crippen LogP contribution in [0, 0.1) is 13.8 Å². The molecular weight excluding hydrogens is 342 g/mol. The number of hydrogen-bond donors (Lipinski definition) is 2. The van der Waals surface area contributed by atoms with Crippen LogP contribution in [-0.4, -0.2) is 51.8 Å². The molecular formula is C17H26ClN5O2. The Morgan fingerprint density at radius 1 is 1.32 bits per heavy atom. The summed E-state index contributed by atoms with van der Waals surface area (Å²) in [7, 11) is 3.65. The van der Waals surface area contributed by atoms with E-state index in [9.17, 15) is 9.59 Å². The van der Waals surface area contributed by atoms with E-state index in [4.69, 9.17) is 0 Å². The first-order valence-corrected chi connectivity index (χ1v) is 8.41. The van der Waals surface area contributed by atoms with Gasteiger partial charge in [-0.25, -0.2) is 4.98 Å². The van der Waals surface area contributed by atoms with Crippen molar-refractivity contribution in [2.75, 3.05) is 20.1 Å². The molecule has 1 amide bonds. The molecule has 1 aliphatic rings. The van der Waals surface area contributed by atoms with E-state index in [1.54, 1.807) is 11.7 Å². The lowest BCUT2D eigenvalue weighted by Gasteiger charge is -2.32. The number of aromatic amines is 1. The van der Waals surface area contributed by atoms with E-state index < -0.39 is 0 Å². The zero-order valence-corrected chi connectivity index (χ0v) is 16.0. The Bertz CT molecular complexity index is 836. The standard InChI is InChI=1S/C17H25N5O2.ClH/c1-10-13(9-14(23)21(3)12-5-7-18-8-6-12)11(2)19-16-15(10)17(24)20-22(16)4;/h12,18H,5-9H2,1-4H3,(H,20,24);1H. The molecule has 0 radical (unpaired) electrons. The lowest BCUT2D eigenvalue weighted by atomic mass is 10.00. The summed E-state index contributed by atoms with van der Waals surface area (Å²) in [6.07, 6.45) is 2.25. The van der Waals surface area contributed by atoms with Crippen molar-refractivity contribution in [2.24, 2.45) is 7.05 Å². The van der Waals surface area contributed by atoms with Crippen LogP contribution >= 0.6 is 12.4 Å². The molecule has 8 heteroatoms. The van der Waals surface area contributed by atoms with Crippen molar-refractivity contribution >= 4 is 29.3 Å². The van der Waals surface area contributed by atoms with Crippen LogP contribution < -0.4 is 10.9 Å². The fourth-order valence-corrected chi connectivity index (χ4v) is 3.58. The summed E-state index contributed by atoms with van der Waals surface area (Å²) >= 11 is 0. The van der Waals surface area contributed by atoms with Crippen LogP contribution in [0.4, 0.5) is 0 Å². The minimum Gasteiger partial charge on any atom is -0.342 e. The van der Waals surface area contributed by atoms with Crippen LogP contribution in [0.15, 0.2) is 4.79 Å². The third-order valence-electron chi connectivity index (χ3n) is 5.15. The van der Waals surface area contributed by atoms with Crippen LogP contribution in [0.3, 0.4) is 0 Å². The summed E-state index contributed by atoms with van der Waals surface area (Å²) in [5.74, 6) is 0.0848. The Kier molecular flexibility index (Phi) is 5.90. The number of likely N-dealkylation sites (N-methyl/N-ethyl adjacent to an activating group) is 1. The predicted molar refractivity (Wildman–Crippen MR) is 100 cm³/mol. The number of halogens is 1. The highest BCUT2D eigenvalue weighted by atomic mass is 35.5. The van der Waals surface area contributed by atoms with Gasteiger partial charge >= 0.3 is 0 Å². The van der Waals surface area contributed by atoms with Crippen molar-refractivity contribution in [1.82, 2.24) is 25.0 Å². The third kappa shape index (κ3) is 3.57. The number of H-pyrrole nitrogens is 1. The summed E-state index contributed by atoms with van der Waals surface area (Å²) in [5.41, 5.74) is 3.01. The number of carbonyl (C=O) groups is 1. The molecule has 0 atom stereocenters. The minimum atomic E-state index is -0.155. The molecule has 3 heterocycles. The fourth-order valence-electron chi connectivity index (χ4n) is 3.58. The summed E-state index contributed by atoms with van der Waals surface area (Å²) in [6.45, 7) is 5.71. The fraction of sp³-hybridized carbons (Fsp3) is 0.588. The van der Waals surface area contributed by atoms with Gasteiger partial charge in [-0.1, -0.05) is 0 Å². The van der Waals surface area contributed by atoms with E-state index >= 15 is 0 Å². The molecule has 0 unspecified atom stereocenters. The maximum atomic E-state index is 12.7. The van der Waals surface area contributed by atoms with E-state index in [0.717, 1.165) is 42.8 Å². The lowest BCUT2D eigenvalue weighted by Crippen LogP contribution is -2.44. The van der Waals surface area contributed by atoms with Gasteiger partial charge in [0.2, 0.25) is 5.91 Å². The van der Waals surface area contributed by atoms with Crippen molar-refractivity contribution in [1.29, 1.82) is 0 Å². The Labute approximate surface area is 153 Å². The van der Waals surface area contributed by atoms with Gasteiger partial charge in [-0.05, 0) is 50.9 Å². The first-order valence-electron chi connectivity index (χ1n) is 8.41. The van der Waals surface area contributed by atoms with Crippen molar-refractivity contribution in [2.45, 2.75) is 39.2 Å². The quantitative estimate of drug-likeness (QED) is 0.849. The van der Waals surface area contributed by atoms with Crippen LogP contribution in [0.5, 0.6) is 0 Å². The van der Waals surface area contributed by atoms with E-state index in [0.29, 0.717) is 11.0 Å². The number of nitrogens with one attached hydrogen (secondary N) is 2. The van der Waals surface area contributed by atoms with Gasteiger partial charge in [-0.2, -0.15) is 0 Å². The number of aryl methyl sites for hydroxylation is 3. The van der Waals surface area contributed by atoms with Crippen LogP contribution in [0.1, 0.15) is 29.7 Å². The summed E-state index contributed by atoms with van der Waals surface area (Å²) in [5, 5.41) is 6.63. The number of hydrogen-bond acceptors (Lipinski definition) is 4. The highest BCUT2D eigenvalue weighted by Gasteiger charge is 2.24. The average Bonchev–Trinajstić information content (AvgIpc) is 2.85. The van der Waals surface area contributed by atoms with Gasteiger partial charge in [0.1, 0.15) is 0 Å². The summed E-state index contributed by atoms with van der Waals surface area (Å²) in [4.78, 5) is 31.3. The highest BCUT2D eigenvalue weighted by Crippen LogP contribution is 2.21. The number of fused-ring (bicyclic) bond motifs is 1. The molecule has 0 saturated carbocycles. The molecule has 0 aliphatic carbocycles.